The largest absolute Gasteiger partial charge is 0.300 e. The van der Waals surface area contributed by atoms with E-state index in [4.69, 9.17) is 0 Å². The normalized spacial score (nSPS) is 37.6. The van der Waals surface area contributed by atoms with Gasteiger partial charge in [-0.3, -0.25) is 9.69 Å². The zero-order valence-corrected chi connectivity index (χ0v) is 12.8. The van der Waals surface area contributed by atoms with Gasteiger partial charge in [0.15, 0.2) is 5.78 Å². The van der Waals surface area contributed by atoms with Crippen LogP contribution in [0.3, 0.4) is 0 Å². The minimum Gasteiger partial charge on any atom is -0.300 e. The third kappa shape index (κ3) is 1.85. The van der Waals surface area contributed by atoms with Gasteiger partial charge in [-0.2, -0.15) is 5.26 Å². The fraction of sp³-hybridized carbons (Fsp3) is 0.765. The molecule has 108 valence electrons. The number of rotatable bonds is 1. The Bertz CT molecular complexity index is 510. The molecule has 20 heavy (non-hydrogen) atoms. The van der Waals surface area contributed by atoms with E-state index in [9.17, 15) is 10.1 Å². The van der Waals surface area contributed by atoms with Crippen LogP contribution in [0.15, 0.2) is 11.6 Å². The van der Waals surface area contributed by atoms with Gasteiger partial charge >= 0.3 is 0 Å². The van der Waals surface area contributed by atoms with Crippen LogP contribution >= 0.6 is 0 Å². The van der Waals surface area contributed by atoms with Crippen LogP contribution in [0.5, 0.6) is 0 Å². The molecule has 3 rings (SSSR count). The fourth-order valence-corrected chi connectivity index (χ4v) is 4.63. The van der Waals surface area contributed by atoms with Crippen LogP contribution in [-0.4, -0.2) is 29.8 Å². The van der Waals surface area contributed by atoms with Gasteiger partial charge in [0, 0.05) is 23.4 Å². The molecule has 0 spiro atoms. The predicted octanol–water partition coefficient (Wildman–Crippen LogP) is 2.93. The van der Waals surface area contributed by atoms with Crippen LogP contribution < -0.4 is 0 Å². The first-order valence-electron chi connectivity index (χ1n) is 7.80. The van der Waals surface area contributed by atoms with Gasteiger partial charge in [-0.1, -0.05) is 33.3 Å². The summed E-state index contributed by atoms with van der Waals surface area (Å²) in [7, 11) is 0. The number of fused-ring (bicyclic) bond motifs is 1. The molecule has 0 radical (unpaired) electrons. The summed E-state index contributed by atoms with van der Waals surface area (Å²) >= 11 is 0. The third-order valence-electron chi connectivity index (χ3n) is 5.93. The molecule has 3 aliphatic rings. The van der Waals surface area contributed by atoms with E-state index in [0.717, 1.165) is 25.6 Å². The summed E-state index contributed by atoms with van der Waals surface area (Å²) in [6.07, 6.45) is 7.04. The Morgan fingerprint density at radius 2 is 2.00 bits per heavy atom. The number of nitriles is 1. The lowest BCUT2D eigenvalue weighted by Gasteiger charge is -2.55. The minimum atomic E-state index is -0.403. The van der Waals surface area contributed by atoms with Gasteiger partial charge in [0.1, 0.15) is 6.07 Å². The van der Waals surface area contributed by atoms with Gasteiger partial charge < -0.3 is 0 Å². The zero-order valence-electron chi connectivity index (χ0n) is 12.8. The Kier molecular flexibility index (Phi) is 3.06. The van der Waals surface area contributed by atoms with Gasteiger partial charge in [0.2, 0.25) is 0 Å². The lowest BCUT2D eigenvalue weighted by Crippen LogP contribution is -2.58. The maximum absolute atomic E-state index is 12.5. The molecule has 0 N–H and O–H groups in total. The molecule has 0 bridgehead atoms. The number of ketones is 1. The van der Waals surface area contributed by atoms with E-state index >= 15 is 0 Å². The highest BCUT2D eigenvalue weighted by molar-refractivity contribution is 6.04. The first-order valence-corrected chi connectivity index (χ1v) is 7.80. The summed E-state index contributed by atoms with van der Waals surface area (Å²) in [5.74, 6) is 0.399. The first-order chi connectivity index (χ1) is 9.38. The average molecular weight is 272 g/mol. The molecule has 2 aliphatic carbocycles. The van der Waals surface area contributed by atoms with Crippen molar-refractivity contribution < 1.29 is 4.79 Å². The van der Waals surface area contributed by atoms with Gasteiger partial charge in [0.05, 0.1) is 5.57 Å². The van der Waals surface area contributed by atoms with Gasteiger partial charge in [-0.25, -0.2) is 0 Å². The second kappa shape index (κ2) is 4.43. The average Bonchev–Trinajstić information content (AvgIpc) is 2.31. The molecule has 0 amide bonds. The minimum absolute atomic E-state index is 0.0314. The van der Waals surface area contributed by atoms with Gasteiger partial charge in [0.25, 0.3) is 0 Å². The van der Waals surface area contributed by atoms with E-state index in [-0.39, 0.29) is 11.2 Å². The molecule has 1 aliphatic heterocycles. The molecular weight excluding hydrogens is 248 g/mol. The van der Waals surface area contributed by atoms with Crippen molar-refractivity contribution in [1.29, 1.82) is 5.26 Å². The number of carbonyl (C=O) groups excluding carboxylic acids is 1. The SMILES string of the molecule is CC1(C)C(=O)C(C#N)=C[C@]2(C)CN(C3CCC3)CC[C@@H]12. The molecule has 3 nitrogen and oxygen atoms in total. The second-order valence-corrected chi connectivity index (χ2v) is 7.62. The topological polar surface area (TPSA) is 44.1 Å². The Balaban J connectivity index is 1.94. The summed E-state index contributed by atoms with van der Waals surface area (Å²) in [6, 6.07) is 2.88. The Labute approximate surface area is 121 Å². The third-order valence-corrected chi connectivity index (χ3v) is 5.93. The highest BCUT2D eigenvalue weighted by Crippen LogP contribution is 2.52. The van der Waals surface area contributed by atoms with Crippen molar-refractivity contribution in [1.82, 2.24) is 4.90 Å². The number of allylic oxidation sites excluding steroid dienone is 1. The lowest BCUT2D eigenvalue weighted by atomic mass is 9.54. The van der Waals surface area contributed by atoms with E-state index in [1.165, 1.54) is 19.3 Å². The molecule has 2 atom stereocenters. The number of hydrogen-bond acceptors (Lipinski definition) is 3. The number of likely N-dealkylation sites (tertiary alicyclic amines) is 1. The first kappa shape index (κ1) is 13.8. The quantitative estimate of drug-likeness (QED) is 0.737. The lowest BCUT2D eigenvalue weighted by molar-refractivity contribution is -0.133. The summed E-state index contributed by atoms with van der Waals surface area (Å²) < 4.78 is 0. The molecule has 0 aromatic heterocycles. The fourth-order valence-electron chi connectivity index (χ4n) is 4.63. The number of hydrogen-bond donors (Lipinski definition) is 0. The standard InChI is InChI=1S/C17H24N2O/c1-16(2)14-7-8-19(13-5-4-6-13)11-17(14,3)9-12(10-18)15(16)20/h9,13-14H,4-8,11H2,1-3H3/t14-,17+/m0/s1. The number of carbonyl (C=O) groups is 1. The molecular formula is C17H24N2O. The number of nitrogens with zero attached hydrogens (tertiary/aromatic N) is 2. The Morgan fingerprint density at radius 1 is 1.30 bits per heavy atom. The van der Waals surface area contributed by atoms with E-state index in [0.29, 0.717) is 11.5 Å². The second-order valence-electron chi connectivity index (χ2n) is 7.62. The molecule has 0 unspecified atom stereocenters. The monoisotopic (exact) mass is 272 g/mol. The van der Waals surface area contributed by atoms with Crippen LogP contribution in [-0.2, 0) is 4.79 Å². The van der Waals surface area contributed by atoms with Crippen molar-refractivity contribution in [2.24, 2.45) is 16.7 Å². The highest BCUT2D eigenvalue weighted by atomic mass is 16.1. The Hall–Kier alpha value is -1.14. The molecule has 1 saturated heterocycles. The van der Waals surface area contributed by atoms with Crippen LogP contribution in [0.2, 0.25) is 0 Å². The van der Waals surface area contributed by atoms with E-state index < -0.39 is 5.41 Å². The molecule has 0 aromatic carbocycles. The van der Waals surface area contributed by atoms with Crippen LogP contribution in [0.25, 0.3) is 0 Å². The summed E-state index contributed by atoms with van der Waals surface area (Å²) in [5.41, 5.74) is -0.0551. The van der Waals surface area contributed by atoms with Crippen molar-refractivity contribution in [2.45, 2.75) is 52.5 Å². The predicted molar refractivity (Wildman–Crippen MR) is 77.9 cm³/mol. The van der Waals surface area contributed by atoms with Crippen molar-refractivity contribution in [3.63, 3.8) is 0 Å². The van der Waals surface area contributed by atoms with E-state index in [2.05, 4.69) is 17.9 Å². The summed E-state index contributed by atoms with van der Waals surface area (Å²) in [4.78, 5) is 15.0. The van der Waals surface area contributed by atoms with Crippen molar-refractivity contribution in [3.8, 4) is 6.07 Å². The summed E-state index contributed by atoms with van der Waals surface area (Å²) in [5, 5.41) is 9.28. The van der Waals surface area contributed by atoms with Crippen molar-refractivity contribution in [2.75, 3.05) is 13.1 Å². The van der Waals surface area contributed by atoms with Gasteiger partial charge in [-0.15, -0.1) is 0 Å². The van der Waals surface area contributed by atoms with Crippen LogP contribution in [0, 0.1) is 28.1 Å². The highest BCUT2D eigenvalue weighted by Gasteiger charge is 2.53. The van der Waals surface area contributed by atoms with Crippen molar-refractivity contribution in [3.05, 3.63) is 11.6 Å². The van der Waals surface area contributed by atoms with E-state index in [1.807, 2.05) is 19.9 Å². The maximum Gasteiger partial charge on any atom is 0.178 e. The van der Waals surface area contributed by atoms with Gasteiger partial charge in [-0.05, 0) is 31.7 Å². The smallest absolute Gasteiger partial charge is 0.178 e. The van der Waals surface area contributed by atoms with Crippen molar-refractivity contribution >= 4 is 5.78 Å². The molecule has 3 heteroatoms. The maximum atomic E-state index is 12.5. The number of piperidine rings is 1. The van der Waals surface area contributed by atoms with Crippen LogP contribution in [0.4, 0.5) is 0 Å². The zero-order chi connectivity index (χ0) is 14.5. The van der Waals surface area contributed by atoms with Crippen LogP contribution in [0.1, 0.15) is 46.5 Å². The Morgan fingerprint density at radius 3 is 2.55 bits per heavy atom. The summed E-state index contributed by atoms with van der Waals surface area (Å²) in [6.45, 7) is 8.42. The van der Waals surface area contributed by atoms with E-state index in [1.54, 1.807) is 0 Å². The molecule has 1 saturated carbocycles. The molecule has 2 fully saturated rings. The molecule has 0 aromatic rings. The molecule has 1 heterocycles. The number of Topliss-reactive ketones (excluding diaryl/α,β-unsaturated/α-hetero) is 1.